The van der Waals surface area contributed by atoms with Crippen molar-refractivity contribution in [3.05, 3.63) is 62.5 Å². The van der Waals surface area contributed by atoms with Crippen LogP contribution in [-0.2, 0) is 24.3 Å². The van der Waals surface area contributed by atoms with Gasteiger partial charge in [0.1, 0.15) is 10.7 Å². The molecule has 1 aliphatic rings. The van der Waals surface area contributed by atoms with E-state index < -0.39 is 0 Å². The molecule has 0 spiro atoms. The Morgan fingerprint density at radius 2 is 2.04 bits per heavy atom. The number of nitrogens with zero attached hydrogens (tertiary/aromatic N) is 4. The first-order chi connectivity index (χ1) is 13.5. The fourth-order valence-electron chi connectivity index (χ4n) is 3.98. The Bertz CT molecular complexity index is 1240. The Balaban J connectivity index is 1.79. The molecule has 4 heterocycles. The van der Waals surface area contributed by atoms with Gasteiger partial charge in [-0.2, -0.15) is 0 Å². The van der Waals surface area contributed by atoms with E-state index in [1.807, 2.05) is 41.7 Å². The van der Waals surface area contributed by atoms with Crippen molar-refractivity contribution in [1.29, 1.82) is 0 Å². The van der Waals surface area contributed by atoms with E-state index in [2.05, 4.69) is 24.0 Å². The second kappa shape index (κ2) is 6.53. The highest BCUT2D eigenvalue weighted by Gasteiger charge is 2.29. The Hall–Kier alpha value is -2.51. The van der Waals surface area contributed by atoms with Gasteiger partial charge in [0.15, 0.2) is 0 Å². The highest BCUT2D eigenvalue weighted by Crippen LogP contribution is 2.36. The first-order valence-electron chi connectivity index (χ1n) is 9.59. The lowest BCUT2D eigenvalue weighted by atomic mass is 9.96. The molecule has 0 unspecified atom stereocenters. The van der Waals surface area contributed by atoms with E-state index in [1.165, 1.54) is 0 Å². The van der Waals surface area contributed by atoms with E-state index in [0.29, 0.717) is 24.8 Å². The Kier molecular flexibility index (Phi) is 4.10. The van der Waals surface area contributed by atoms with E-state index >= 15 is 0 Å². The third kappa shape index (κ3) is 2.61. The zero-order valence-corrected chi connectivity index (χ0v) is 17.0. The number of benzene rings is 1. The molecule has 7 heteroatoms. The maximum absolute atomic E-state index is 13.6. The molecule has 1 aromatic carbocycles. The number of fused-ring (bicyclic) bond motifs is 5. The van der Waals surface area contributed by atoms with Crippen LogP contribution >= 0.6 is 11.3 Å². The largest absolute Gasteiger partial charge is 0.372 e. The van der Waals surface area contributed by atoms with Gasteiger partial charge in [-0.15, -0.1) is 21.5 Å². The summed E-state index contributed by atoms with van der Waals surface area (Å²) in [5.74, 6) is 1.80. The molecule has 28 heavy (non-hydrogen) atoms. The predicted octanol–water partition coefficient (Wildman–Crippen LogP) is 3.56. The molecule has 4 aromatic rings. The molecule has 5 rings (SSSR count). The number of hydrogen-bond donors (Lipinski definition) is 0. The number of ether oxygens (including phenoxy) is 1. The minimum absolute atomic E-state index is 0.0145. The Morgan fingerprint density at radius 3 is 2.79 bits per heavy atom. The van der Waals surface area contributed by atoms with Crippen molar-refractivity contribution in [2.24, 2.45) is 5.92 Å². The zero-order valence-electron chi connectivity index (χ0n) is 16.2. The van der Waals surface area contributed by atoms with Crippen molar-refractivity contribution in [1.82, 2.24) is 19.2 Å². The summed E-state index contributed by atoms with van der Waals surface area (Å²) < 4.78 is 9.82. The molecule has 144 valence electrons. The average Bonchev–Trinajstić information content (AvgIpc) is 3.26. The van der Waals surface area contributed by atoms with Crippen LogP contribution in [0, 0.1) is 12.8 Å². The molecule has 0 radical (unpaired) electrons. The lowest BCUT2D eigenvalue weighted by Crippen LogP contribution is -2.28. The number of thiophene rings is 1. The van der Waals surface area contributed by atoms with Gasteiger partial charge in [-0.3, -0.25) is 13.8 Å². The van der Waals surface area contributed by atoms with Crippen molar-refractivity contribution in [3.63, 3.8) is 0 Å². The average molecular weight is 395 g/mol. The Morgan fingerprint density at radius 1 is 1.25 bits per heavy atom. The van der Waals surface area contributed by atoms with Crippen LogP contribution < -0.4 is 5.56 Å². The molecular weight excluding hydrogens is 372 g/mol. The molecule has 1 aliphatic heterocycles. The fourth-order valence-corrected chi connectivity index (χ4v) is 5.26. The third-order valence-electron chi connectivity index (χ3n) is 5.54. The van der Waals surface area contributed by atoms with Crippen molar-refractivity contribution in [3.8, 4) is 0 Å². The van der Waals surface area contributed by atoms with E-state index in [4.69, 9.17) is 4.74 Å². The Labute approximate surface area is 166 Å². The van der Waals surface area contributed by atoms with Gasteiger partial charge in [0.05, 0.1) is 24.6 Å². The quantitative estimate of drug-likeness (QED) is 0.533. The summed E-state index contributed by atoms with van der Waals surface area (Å²) >= 11 is 1.64. The molecule has 0 amide bonds. The topological polar surface area (TPSA) is 61.4 Å². The lowest BCUT2D eigenvalue weighted by molar-refractivity contribution is 0.00200. The molecule has 0 aliphatic carbocycles. The van der Waals surface area contributed by atoms with E-state index in [-0.39, 0.29) is 11.7 Å². The van der Waals surface area contributed by atoms with Crippen LogP contribution in [0.5, 0.6) is 0 Å². The molecule has 0 saturated carbocycles. The van der Waals surface area contributed by atoms with Gasteiger partial charge >= 0.3 is 0 Å². The first-order valence-corrected chi connectivity index (χ1v) is 10.4. The number of aromatic nitrogens is 4. The molecular formula is C21H22N4O2S. The summed E-state index contributed by atoms with van der Waals surface area (Å²) in [6, 6.07) is 10.0. The van der Waals surface area contributed by atoms with Gasteiger partial charge in [0.25, 0.3) is 5.56 Å². The van der Waals surface area contributed by atoms with E-state index in [1.54, 1.807) is 15.9 Å². The van der Waals surface area contributed by atoms with Crippen molar-refractivity contribution < 1.29 is 4.74 Å². The van der Waals surface area contributed by atoms with Crippen LogP contribution in [0.4, 0.5) is 0 Å². The molecule has 0 bridgehead atoms. The highest BCUT2D eigenvalue weighted by atomic mass is 32.1. The summed E-state index contributed by atoms with van der Waals surface area (Å²) in [6.45, 7) is 7.31. The minimum Gasteiger partial charge on any atom is -0.372 e. The van der Waals surface area contributed by atoms with Gasteiger partial charge in [-0.05, 0) is 24.0 Å². The number of aryl methyl sites for hydroxylation is 1. The van der Waals surface area contributed by atoms with Gasteiger partial charge in [0, 0.05) is 11.3 Å². The highest BCUT2D eigenvalue weighted by molar-refractivity contribution is 7.18. The van der Waals surface area contributed by atoms with Gasteiger partial charge in [-0.25, -0.2) is 0 Å². The van der Waals surface area contributed by atoms with Crippen LogP contribution in [-0.4, -0.2) is 25.3 Å². The fraction of sp³-hybridized carbons (Fsp3) is 0.381. The van der Waals surface area contributed by atoms with Gasteiger partial charge < -0.3 is 4.74 Å². The number of hydrogen-bond acceptors (Lipinski definition) is 5. The SMILES string of the molecule is Cc1nnc2n(Cc3ccccc3)c(=O)c3c4c(sc3n12)CO[C@@H](C(C)C)C4. The van der Waals surface area contributed by atoms with Gasteiger partial charge in [-0.1, -0.05) is 44.2 Å². The molecule has 1 atom stereocenters. The first kappa shape index (κ1) is 17.6. The normalized spacial score (nSPS) is 16.9. The van der Waals surface area contributed by atoms with E-state index in [0.717, 1.165) is 38.5 Å². The standard InChI is InChI=1S/C21H22N4O2S/c1-12(2)16-9-15-17(11-27-16)28-20-18(15)19(26)24(10-14-7-5-4-6-8-14)21-23-22-13(3)25(20)21/h4-8,12,16H,9-11H2,1-3H3/t16-/m1/s1. The monoisotopic (exact) mass is 394 g/mol. The molecule has 0 N–H and O–H groups in total. The van der Waals surface area contributed by atoms with Gasteiger partial charge in [0.2, 0.25) is 5.78 Å². The summed E-state index contributed by atoms with van der Waals surface area (Å²) in [5, 5.41) is 9.40. The smallest absolute Gasteiger partial charge is 0.264 e. The van der Waals surface area contributed by atoms with Crippen molar-refractivity contribution in [2.75, 3.05) is 0 Å². The molecule has 3 aromatic heterocycles. The second-order valence-corrected chi connectivity index (χ2v) is 8.82. The van der Waals surface area contributed by atoms with Crippen LogP contribution in [0.15, 0.2) is 35.1 Å². The van der Waals surface area contributed by atoms with Crippen LogP contribution in [0.25, 0.3) is 16.0 Å². The molecule has 6 nitrogen and oxygen atoms in total. The lowest BCUT2D eigenvalue weighted by Gasteiger charge is -2.26. The number of rotatable bonds is 3. The maximum Gasteiger partial charge on any atom is 0.264 e. The molecule has 0 fully saturated rings. The van der Waals surface area contributed by atoms with Crippen LogP contribution in [0.2, 0.25) is 0 Å². The van der Waals surface area contributed by atoms with Crippen LogP contribution in [0.3, 0.4) is 0 Å². The predicted molar refractivity (Wildman–Crippen MR) is 110 cm³/mol. The van der Waals surface area contributed by atoms with Crippen LogP contribution in [0.1, 0.15) is 35.7 Å². The third-order valence-corrected chi connectivity index (χ3v) is 6.73. The summed E-state index contributed by atoms with van der Waals surface area (Å²) in [7, 11) is 0. The molecule has 0 saturated heterocycles. The summed E-state index contributed by atoms with van der Waals surface area (Å²) in [6.07, 6.45) is 0.922. The van der Waals surface area contributed by atoms with Crippen molar-refractivity contribution in [2.45, 2.75) is 46.4 Å². The minimum atomic E-state index is 0.0145. The van der Waals surface area contributed by atoms with Crippen molar-refractivity contribution >= 4 is 27.3 Å². The zero-order chi connectivity index (χ0) is 19.4. The maximum atomic E-state index is 13.6. The second-order valence-electron chi connectivity index (χ2n) is 7.74. The van der Waals surface area contributed by atoms with E-state index in [9.17, 15) is 4.79 Å². The summed E-state index contributed by atoms with van der Waals surface area (Å²) in [5.41, 5.74) is 2.23. The summed E-state index contributed by atoms with van der Waals surface area (Å²) in [4.78, 5) is 15.7.